The lowest BCUT2D eigenvalue weighted by molar-refractivity contribution is 0.201. The fourth-order valence-electron chi connectivity index (χ4n) is 3.51. The van der Waals surface area contributed by atoms with Crippen LogP contribution in [0, 0.1) is 11.7 Å². The van der Waals surface area contributed by atoms with Crippen LogP contribution in [0.4, 0.5) is 14.9 Å². The summed E-state index contributed by atoms with van der Waals surface area (Å²) in [4.78, 5) is 14.6. The Morgan fingerprint density at radius 3 is 2.23 bits per heavy atom. The predicted molar refractivity (Wildman–Crippen MR) is 135 cm³/mol. The minimum atomic E-state index is -4.12. The van der Waals surface area contributed by atoms with E-state index in [4.69, 9.17) is 4.18 Å². The van der Waals surface area contributed by atoms with Gasteiger partial charge in [0.1, 0.15) is 16.5 Å². The lowest BCUT2D eigenvalue weighted by atomic mass is 10.0. The van der Waals surface area contributed by atoms with Crippen LogP contribution in [0.25, 0.3) is 0 Å². The van der Waals surface area contributed by atoms with Crippen LogP contribution in [0.1, 0.15) is 44.7 Å². The van der Waals surface area contributed by atoms with Crippen LogP contribution in [-0.4, -0.2) is 25.9 Å². The van der Waals surface area contributed by atoms with E-state index in [0.717, 1.165) is 24.3 Å². The number of urea groups is 1. The molecule has 0 aliphatic carbocycles. The Hall–Kier alpha value is -3.39. The van der Waals surface area contributed by atoms with Gasteiger partial charge in [-0.1, -0.05) is 52.0 Å². The molecule has 0 radical (unpaired) electrons. The summed E-state index contributed by atoms with van der Waals surface area (Å²) in [5.41, 5.74) is 2.60. The van der Waals surface area contributed by atoms with E-state index in [1.807, 2.05) is 38.1 Å². The second-order valence-electron chi connectivity index (χ2n) is 9.12. The Bertz CT molecular complexity index is 1240. The van der Waals surface area contributed by atoms with Crippen molar-refractivity contribution in [2.75, 3.05) is 11.9 Å². The van der Waals surface area contributed by atoms with Crippen molar-refractivity contribution in [1.29, 1.82) is 0 Å². The fraction of sp³-hybridized carbons (Fsp3) is 0.296. The van der Waals surface area contributed by atoms with Crippen LogP contribution >= 0.6 is 0 Å². The van der Waals surface area contributed by atoms with Crippen LogP contribution in [0.3, 0.4) is 0 Å². The second kappa shape index (κ2) is 11.4. The van der Waals surface area contributed by atoms with Gasteiger partial charge < -0.3 is 14.4 Å². The zero-order valence-corrected chi connectivity index (χ0v) is 21.2. The number of benzene rings is 3. The third kappa shape index (κ3) is 7.55. The number of hydrogen-bond acceptors (Lipinski definition) is 4. The van der Waals surface area contributed by atoms with Gasteiger partial charge in [0, 0.05) is 18.8 Å². The number of rotatable bonds is 9. The standard InChI is InChI=1S/C27H31FN2O4S/c1-19(2)17-30(27(31)29-24-12-8-22(9-13-24)20(3)4)18-21-6-5-7-25(16-21)34-35(32,33)26-14-10-23(28)11-15-26/h5-16,19-20H,17-18H2,1-4H3,(H,29,31). The number of hydrogen-bond donors (Lipinski definition) is 1. The van der Waals surface area contributed by atoms with Gasteiger partial charge in [0.15, 0.2) is 0 Å². The van der Waals surface area contributed by atoms with Gasteiger partial charge in [0.05, 0.1) is 0 Å². The molecule has 0 fully saturated rings. The highest BCUT2D eigenvalue weighted by Crippen LogP contribution is 2.22. The van der Waals surface area contributed by atoms with Crippen molar-refractivity contribution in [2.45, 2.75) is 45.1 Å². The van der Waals surface area contributed by atoms with E-state index in [0.29, 0.717) is 23.7 Å². The zero-order valence-electron chi connectivity index (χ0n) is 20.4. The minimum absolute atomic E-state index is 0.112. The van der Waals surface area contributed by atoms with E-state index in [1.54, 1.807) is 23.1 Å². The van der Waals surface area contributed by atoms with E-state index in [9.17, 15) is 17.6 Å². The lowest BCUT2D eigenvalue weighted by Crippen LogP contribution is -2.37. The molecule has 0 heterocycles. The van der Waals surface area contributed by atoms with Crippen molar-refractivity contribution in [2.24, 2.45) is 5.92 Å². The molecule has 1 N–H and O–H groups in total. The summed E-state index contributed by atoms with van der Waals surface area (Å²) >= 11 is 0. The quantitative estimate of drug-likeness (QED) is 0.346. The molecule has 0 aliphatic rings. The average molecular weight is 499 g/mol. The van der Waals surface area contributed by atoms with Crippen molar-refractivity contribution in [1.82, 2.24) is 4.90 Å². The maximum atomic E-state index is 13.1. The molecule has 0 aromatic heterocycles. The monoisotopic (exact) mass is 498 g/mol. The first-order valence-electron chi connectivity index (χ1n) is 11.5. The molecule has 0 saturated heterocycles. The highest BCUT2D eigenvalue weighted by atomic mass is 32.2. The Kier molecular flexibility index (Phi) is 8.51. The highest BCUT2D eigenvalue weighted by molar-refractivity contribution is 7.87. The molecular weight excluding hydrogens is 467 g/mol. The van der Waals surface area contributed by atoms with Crippen LogP contribution in [0.15, 0.2) is 77.7 Å². The molecule has 0 bridgehead atoms. The van der Waals surface area contributed by atoms with Crippen LogP contribution < -0.4 is 9.50 Å². The molecule has 0 atom stereocenters. The lowest BCUT2D eigenvalue weighted by Gasteiger charge is -2.25. The predicted octanol–water partition coefficient (Wildman–Crippen LogP) is 6.41. The highest BCUT2D eigenvalue weighted by Gasteiger charge is 2.19. The fourth-order valence-corrected chi connectivity index (χ4v) is 4.43. The maximum Gasteiger partial charge on any atom is 0.339 e. The summed E-state index contributed by atoms with van der Waals surface area (Å²) in [7, 11) is -4.12. The molecule has 0 unspecified atom stereocenters. The molecule has 0 spiro atoms. The average Bonchev–Trinajstić information content (AvgIpc) is 2.79. The van der Waals surface area contributed by atoms with E-state index in [2.05, 4.69) is 19.2 Å². The van der Waals surface area contributed by atoms with Crippen LogP contribution in [0.2, 0.25) is 0 Å². The normalized spacial score (nSPS) is 11.5. The van der Waals surface area contributed by atoms with E-state index < -0.39 is 15.9 Å². The molecule has 3 aromatic rings. The number of amides is 2. The smallest absolute Gasteiger partial charge is 0.339 e. The Labute approximate surface area is 206 Å². The molecule has 0 aliphatic heterocycles. The van der Waals surface area contributed by atoms with Gasteiger partial charge in [-0.2, -0.15) is 8.42 Å². The Morgan fingerprint density at radius 1 is 0.971 bits per heavy atom. The van der Waals surface area contributed by atoms with E-state index in [1.165, 1.54) is 11.6 Å². The molecule has 0 saturated carbocycles. The molecule has 8 heteroatoms. The Morgan fingerprint density at radius 2 is 1.63 bits per heavy atom. The number of nitrogens with zero attached hydrogens (tertiary/aromatic N) is 1. The van der Waals surface area contributed by atoms with Gasteiger partial charge >= 0.3 is 16.1 Å². The molecular formula is C27H31FN2O4S. The number of carbonyl (C=O) groups excluding carboxylic acids is 1. The summed E-state index contributed by atoms with van der Waals surface area (Å²) < 4.78 is 43.5. The number of halogens is 1. The Balaban J connectivity index is 1.74. The van der Waals surface area contributed by atoms with Crippen molar-refractivity contribution >= 4 is 21.8 Å². The van der Waals surface area contributed by atoms with Crippen LogP contribution in [0.5, 0.6) is 5.75 Å². The van der Waals surface area contributed by atoms with Crippen molar-refractivity contribution in [3.8, 4) is 5.75 Å². The molecule has 6 nitrogen and oxygen atoms in total. The number of anilines is 1. The zero-order chi connectivity index (χ0) is 25.6. The first kappa shape index (κ1) is 26.2. The van der Waals surface area contributed by atoms with Crippen molar-refractivity contribution in [3.05, 3.63) is 89.7 Å². The topological polar surface area (TPSA) is 75.7 Å². The van der Waals surface area contributed by atoms with Crippen LogP contribution in [-0.2, 0) is 16.7 Å². The summed E-state index contributed by atoms with van der Waals surface area (Å²) in [6.45, 7) is 9.04. The van der Waals surface area contributed by atoms with Gasteiger partial charge in [-0.15, -0.1) is 0 Å². The maximum absolute atomic E-state index is 13.1. The summed E-state index contributed by atoms with van der Waals surface area (Å²) in [5, 5.41) is 2.94. The van der Waals surface area contributed by atoms with Gasteiger partial charge in [0.2, 0.25) is 0 Å². The van der Waals surface area contributed by atoms with Gasteiger partial charge in [-0.25, -0.2) is 9.18 Å². The largest absolute Gasteiger partial charge is 0.379 e. The first-order valence-corrected chi connectivity index (χ1v) is 12.9. The second-order valence-corrected chi connectivity index (χ2v) is 10.7. The van der Waals surface area contributed by atoms with E-state index in [-0.39, 0.29) is 29.1 Å². The van der Waals surface area contributed by atoms with Gasteiger partial charge in [-0.05, 0) is 71.5 Å². The molecule has 3 aromatic carbocycles. The summed E-state index contributed by atoms with van der Waals surface area (Å²) in [6, 6.07) is 18.5. The van der Waals surface area contributed by atoms with Crippen molar-refractivity contribution in [3.63, 3.8) is 0 Å². The van der Waals surface area contributed by atoms with Gasteiger partial charge in [0.25, 0.3) is 0 Å². The molecule has 186 valence electrons. The first-order chi connectivity index (χ1) is 16.5. The third-order valence-corrected chi connectivity index (χ3v) is 6.54. The minimum Gasteiger partial charge on any atom is -0.379 e. The van der Waals surface area contributed by atoms with Gasteiger partial charge in [-0.3, -0.25) is 0 Å². The summed E-state index contributed by atoms with van der Waals surface area (Å²) in [5.74, 6) is 0.201. The molecule has 35 heavy (non-hydrogen) atoms. The number of nitrogens with one attached hydrogen (secondary N) is 1. The van der Waals surface area contributed by atoms with E-state index >= 15 is 0 Å². The molecule has 2 amide bonds. The number of carbonyl (C=O) groups is 1. The SMILES string of the molecule is CC(C)CN(Cc1cccc(OS(=O)(=O)c2ccc(F)cc2)c1)C(=O)Nc1ccc(C(C)C)cc1. The van der Waals surface area contributed by atoms with Crippen molar-refractivity contribution < 1.29 is 21.8 Å². The molecule has 3 rings (SSSR count). The summed E-state index contributed by atoms with van der Waals surface area (Å²) in [6.07, 6.45) is 0. The third-order valence-electron chi connectivity index (χ3n) is 5.28.